The monoisotopic (exact) mass is 549 g/mol. The number of methoxy groups -OCH3 is 2. The lowest BCUT2D eigenvalue weighted by Gasteiger charge is -2.37. The second kappa shape index (κ2) is 12.0. The Bertz CT molecular complexity index is 1310. The molecule has 3 heterocycles. The maximum atomic E-state index is 13.7. The van der Waals surface area contributed by atoms with Crippen LogP contribution in [0, 0.1) is 0 Å². The van der Waals surface area contributed by atoms with Crippen molar-refractivity contribution in [2.45, 2.75) is 19.4 Å². The Morgan fingerprint density at radius 3 is 2.38 bits per heavy atom. The minimum absolute atomic E-state index is 0.00361. The standard InChI is InChI=1S/C29H31N3O6S/c1-4-38-28(34)25-26(19-8-6-5-7-9-19)30-29-32(27(25)20-14-22(35-2)17-23(15-20)36-3)21(18-39-29)16-24(33)31-10-12-37-13-11-31/h5-9,14-15,17-18,27H,4,10-13,16H2,1-3H3. The minimum atomic E-state index is -0.630. The van der Waals surface area contributed by atoms with Crippen LogP contribution in [0.15, 0.2) is 70.2 Å². The Kier molecular flexibility index (Phi) is 8.23. The Morgan fingerprint density at radius 2 is 1.74 bits per heavy atom. The number of esters is 1. The zero-order valence-electron chi connectivity index (χ0n) is 22.2. The van der Waals surface area contributed by atoms with Crippen LogP contribution in [0.2, 0.25) is 0 Å². The molecule has 1 atom stereocenters. The van der Waals surface area contributed by atoms with Crippen molar-refractivity contribution < 1.29 is 28.5 Å². The fraction of sp³-hybridized carbons (Fsp3) is 0.345. The van der Waals surface area contributed by atoms with Crippen LogP contribution in [0.4, 0.5) is 0 Å². The molecule has 0 aliphatic carbocycles. The van der Waals surface area contributed by atoms with Crippen LogP contribution in [-0.2, 0) is 19.1 Å². The molecule has 3 aliphatic rings. The van der Waals surface area contributed by atoms with Crippen molar-refractivity contribution in [3.63, 3.8) is 0 Å². The van der Waals surface area contributed by atoms with Crippen molar-refractivity contribution in [2.75, 3.05) is 47.1 Å². The van der Waals surface area contributed by atoms with E-state index < -0.39 is 12.0 Å². The van der Waals surface area contributed by atoms with Crippen molar-refractivity contribution in [2.24, 2.45) is 4.99 Å². The van der Waals surface area contributed by atoms with E-state index in [1.165, 1.54) is 11.8 Å². The van der Waals surface area contributed by atoms with Crippen LogP contribution in [0.25, 0.3) is 5.70 Å². The molecule has 0 N–H and O–H groups in total. The number of carbonyl (C=O) groups is 2. The van der Waals surface area contributed by atoms with Crippen molar-refractivity contribution in [1.82, 2.24) is 9.80 Å². The molecule has 1 saturated heterocycles. The number of amides is 1. The van der Waals surface area contributed by atoms with Crippen LogP contribution < -0.4 is 9.47 Å². The van der Waals surface area contributed by atoms with Crippen LogP contribution >= 0.6 is 11.8 Å². The lowest BCUT2D eigenvalue weighted by molar-refractivity contribution is -0.139. The fourth-order valence-corrected chi connectivity index (χ4v) is 5.79. The topological polar surface area (TPSA) is 89.9 Å². The van der Waals surface area contributed by atoms with Gasteiger partial charge in [0.15, 0.2) is 5.17 Å². The summed E-state index contributed by atoms with van der Waals surface area (Å²) in [6.45, 7) is 4.16. The van der Waals surface area contributed by atoms with E-state index >= 15 is 0 Å². The first-order valence-electron chi connectivity index (χ1n) is 12.8. The summed E-state index contributed by atoms with van der Waals surface area (Å²) >= 11 is 1.44. The van der Waals surface area contributed by atoms with Gasteiger partial charge in [-0.25, -0.2) is 9.79 Å². The zero-order chi connectivity index (χ0) is 27.4. The van der Waals surface area contributed by atoms with Gasteiger partial charge < -0.3 is 28.7 Å². The average molecular weight is 550 g/mol. The largest absolute Gasteiger partial charge is 0.497 e. The van der Waals surface area contributed by atoms with E-state index in [1.807, 2.05) is 57.7 Å². The predicted octanol–water partition coefficient (Wildman–Crippen LogP) is 4.23. The molecule has 0 spiro atoms. The summed E-state index contributed by atoms with van der Waals surface area (Å²) in [5.74, 6) is 0.699. The SMILES string of the molecule is CCOC(=O)C1=C(c2ccccc2)N=C2SC=C(CC(=O)N3CCOCC3)N2C1c1cc(OC)cc(OC)c1. The first kappa shape index (κ1) is 26.8. The number of nitrogens with zero attached hydrogens (tertiary/aromatic N) is 3. The molecule has 39 heavy (non-hydrogen) atoms. The highest BCUT2D eigenvalue weighted by atomic mass is 32.2. The third kappa shape index (κ3) is 5.53. The van der Waals surface area contributed by atoms with Gasteiger partial charge in [-0.05, 0) is 30.0 Å². The molecule has 0 aromatic heterocycles. The molecule has 3 aliphatic heterocycles. The molecular formula is C29H31N3O6S. The van der Waals surface area contributed by atoms with Crippen LogP contribution in [0.3, 0.4) is 0 Å². The maximum Gasteiger partial charge on any atom is 0.338 e. The summed E-state index contributed by atoms with van der Waals surface area (Å²) in [5, 5.41) is 2.62. The number of thioether (sulfide) groups is 1. The third-order valence-corrected chi connectivity index (χ3v) is 7.63. The van der Waals surface area contributed by atoms with E-state index in [2.05, 4.69) is 0 Å². The molecule has 0 bridgehead atoms. The second-order valence-corrected chi connectivity index (χ2v) is 9.90. The number of benzene rings is 2. The minimum Gasteiger partial charge on any atom is -0.497 e. The Balaban J connectivity index is 1.65. The summed E-state index contributed by atoms with van der Waals surface area (Å²) in [6.07, 6.45) is 0.167. The summed E-state index contributed by atoms with van der Waals surface area (Å²) in [6, 6.07) is 14.5. The lowest BCUT2D eigenvalue weighted by Crippen LogP contribution is -2.42. The van der Waals surface area contributed by atoms with Gasteiger partial charge in [0.1, 0.15) is 11.5 Å². The zero-order valence-corrected chi connectivity index (χ0v) is 23.0. The molecule has 2 aromatic rings. The van der Waals surface area contributed by atoms with Crippen molar-refractivity contribution >= 4 is 34.5 Å². The van der Waals surface area contributed by atoms with Gasteiger partial charge in [0, 0.05) is 30.4 Å². The lowest BCUT2D eigenvalue weighted by atomic mass is 9.91. The van der Waals surface area contributed by atoms with Crippen LogP contribution in [0.1, 0.15) is 30.5 Å². The van der Waals surface area contributed by atoms with E-state index in [4.69, 9.17) is 23.9 Å². The molecule has 5 rings (SSSR count). The van der Waals surface area contributed by atoms with Crippen LogP contribution in [-0.4, -0.2) is 74.0 Å². The molecule has 9 nitrogen and oxygen atoms in total. The van der Waals surface area contributed by atoms with Gasteiger partial charge in [0.25, 0.3) is 0 Å². The quantitative estimate of drug-likeness (QED) is 0.452. The van der Waals surface area contributed by atoms with Gasteiger partial charge in [-0.3, -0.25) is 4.79 Å². The smallest absolute Gasteiger partial charge is 0.338 e. The third-order valence-electron chi connectivity index (χ3n) is 6.74. The first-order valence-corrected chi connectivity index (χ1v) is 13.7. The highest BCUT2D eigenvalue weighted by molar-refractivity contribution is 8.16. The van der Waals surface area contributed by atoms with E-state index in [1.54, 1.807) is 27.2 Å². The van der Waals surface area contributed by atoms with E-state index in [0.717, 1.165) is 16.8 Å². The number of carbonyl (C=O) groups excluding carboxylic acids is 2. The molecule has 204 valence electrons. The summed E-state index contributed by atoms with van der Waals surface area (Å²) in [4.78, 5) is 35.7. The summed E-state index contributed by atoms with van der Waals surface area (Å²) in [7, 11) is 3.17. The number of fused-ring (bicyclic) bond motifs is 1. The Labute approximate surface area is 232 Å². The Hall–Kier alpha value is -3.76. The number of hydrogen-bond acceptors (Lipinski definition) is 9. The van der Waals surface area contributed by atoms with Crippen molar-refractivity contribution in [1.29, 1.82) is 0 Å². The van der Waals surface area contributed by atoms with Gasteiger partial charge in [-0.2, -0.15) is 0 Å². The van der Waals surface area contributed by atoms with E-state index in [9.17, 15) is 9.59 Å². The fourth-order valence-electron chi connectivity index (χ4n) is 4.87. The van der Waals surface area contributed by atoms with Gasteiger partial charge in [-0.1, -0.05) is 42.1 Å². The number of aliphatic imine (C=N–C) groups is 1. The number of morpholine rings is 1. The van der Waals surface area contributed by atoms with Gasteiger partial charge in [0.2, 0.25) is 5.91 Å². The second-order valence-electron chi connectivity index (χ2n) is 9.06. The first-order chi connectivity index (χ1) is 19.0. The van der Waals surface area contributed by atoms with Gasteiger partial charge in [0.05, 0.1) is 57.8 Å². The van der Waals surface area contributed by atoms with Crippen LogP contribution in [0.5, 0.6) is 11.5 Å². The number of ether oxygens (including phenoxy) is 4. The highest BCUT2D eigenvalue weighted by Crippen LogP contribution is 2.48. The number of rotatable bonds is 8. The highest BCUT2D eigenvalue weighted by Gasteiger charge is 2.43. The number of hydrogen-bond donors (Lipinski definition) is 0. The molecule has 1 amide bonds. The summed E-state index contributed by atoms with van der Waals surface area (Å²) in [5.41, 5.74) is 3.23. The maximum absolute atomic E-state index is 13.7. The molecule has 10 heteroatoms. The van der Waals surface area contributed by atoms with Crippen molar-refractivity contribution in [3.05, 3.63) is 76.3 Å². The molecule has 1 unspecified atom stereocenters. The predicted molar refractivity (Wildman–Crippen MR) is 149 cm³/mol. The average Bonchev–Trinajstić information content (AvgIpc) is 3.38. The molecule has 2 aromatic carbocycles. The Morgan fingerprint density at radius 1 is 1.05 bits per heavy atom. The van der Waals surface area contributed by atoms with E-state index in [0.29, 0.717) is 54.2 Å². The number of amidine groups is 1. The normalized spacial score (nSPS) is 18.8. The molecule has 0 radical (unpaired) electrons. The molecular weight excluding hydrogens is 518 g/mol. The van der Waals surface area contributed by atoms with Gasteiger partial charge >= 0.3 is 5.97 Å². The van der Waals surface area contributed by atoms with E-state index in [-0.39, 0.29) is 18.9 Å². The molecule has 0 saturated carbocycles. The van der Waals surface area contributed by atoms with Gasteiger partial charge in [-0.15, -0.1) is 0 Å². The van der Waals surface area contributed by atoms with Crippen molar-refractivity contribution in [3.8, 4) is 11.5 Å². The molecule has 1 fully saturated rings. The summed E-state index contributed by atoms with van der Waals surface area (Å²) < 4.78 is 22.1.